The third-order valence-corrected chi connectivity index (χ3v) is 3.50. The molecule has 2 rings (SSSR count). The van der Waals surface area contributed by atoms with Gasteiger partial charge >= 0.3 is 0 Å². The predicted molar refractivity (Wildman–Crippen MR) is 62.1 cm³/mol. The molecule has 1 N–H and O–H groups in total. The van der Waals surface area contributed by atoms with Crippen molar-refractivity contribution in [1.29, 1.82) is 0 Å². The minimum absolute atomic E-state index is 0.484. The lowest BCUT2D eigenvalue weighted by Gasteiger charge is -2.06. The molecule has 14 heavy (non-hydrogen) atoms. The summed E-state index contributed by atoms with van der Waals surface area (Å²) in [7, 11) is 0. The third kappa shape index (κ3) is 2.27. The third-order valence-electron chi connectivity index (χ3n) is 2.71. The van der Waals surface area contributed by atoms with Crippen LogP contribution >= 0.6 is 11.3 Å². The molecule has 1 aliphatic carbocycles. The first-order valence-electron chi connectivity index (χ1n) is 5.47. The highest BCUT2D eigenvalue weighted by Gasteiger charge is 2.19. The topological polar surface area (TPSA) is 24.9 Å². The van der Waals surface area contributed by atoms with Crippen molar-refractivity contribution in [3.63, 3.8) is 0 Å². The summed E-state index contributed by atoms with van der Waals surface area (Å²) in [6.07, 6.45) is 5.44. The molecule has 1 saturated carbocycles. The van der Waals surface area contributed by atoms with Gasteiger partial charge in [0.2, 0.25) is 0 Å². The second-order valence-electron chi connectivity index (χ2n) is 4.36. The average molecular weight is 210 g/mol. The largest absolute Gasteiger partial charge is 0.359 e. The van der Waals surface area contributed by atoms with Gasteiger partial charge in [-0.05, 0) is 26.7 Å². The van der Waals surface area contributed by atoms with Crippen LogP contribution in [0.1, 0.15) is 51.1 Å². The van der Waals surface area contributed by atoms with Gasteiger partial charge in [-0.1, -0.05) is 12.8 Å². The number of hydrogen-bond donors (Lipinski definition) is 1. The SMILES string of the molecule is CC(C)Nc1nc(C2CCCC2)cs1. The Hall–Kier alpha value is -0.570. The molecule has 0 saturated heterocycles. The molecular formula is C11H18N2S. The number of thiazole rings is 1. The zero-order chi connectivity index (χ0) is 9.97. The van der Waals surface area contributed by atoms with Crippen molar-refractivity contribution in [3.05, 3.63) is 11.1 Å². The van der Waals surface area contributed by atoms with Crippen molar-refractivity contribution < 1.29 is 0 Å². The van der Waals surface area contributed by atoms with Gasteiger partial charge in [0, 0.05) is 17.3 Å². The van der Waals surface area contributed by atoms with E-state index < -0.39 is 0 Å². The zero-order valence-corrected chi connectivity index (χ0v) is 9.73. The number of anilines is 1. The number of nitrogens with zero attached hydrogens (tertiary/aromatic N) is 1. The lowest BCUT2D eigenvalue weighted by atomic mass is 10.1. The summed E-state index contributed by atoms with van der Waals surface area (Å²) in [5, 5.41) is 6.66. The highest BCUT2D eigenvalue weighted by molar-refractivity contribution is 7.13. The fourth-order valence-corrected chi connectivity index (χ4v) is 2.95. The van der Waals surface area contributed by atoms with Gasteiger partial charge in [-0.15, -0.1) is 11.3 Å². The molecule has 78 valence electrons. The fraction of sp³-hybridized carbons (Fsp3) is 0.727. The summed E-state index contributed by atoms with van der Waals surface area (Å²) in [6, 6.07) is 0.484. The molecule has 1 aromatic heterocycles. The first kappa shape index (κ1) is 9.97. The fourth-order valence-electron chi connectivity index (χ4n) is 2.01. The van der Waals surface area contributed by atoms with Crippen LogP contribution in [0.25, 0.3) is 0 Å². The van der Waals surface area contributed by atoms with Gasteiger partial charge in [0.1, 0.15) is 0 Å². The number of aromatic nitrogens is 1. The van der Waals surface area contributed by atoms with Gasteiger partial charge < -0.3 is 5.32 Å². The molecule has 0 amide bonds. The van der Waals surface area contributed by atoms with E-state index in [1.807, 2.05) is 0 Å². The molecule has 0 aliphatic heterocycles. The minimum atomic E-state index is 0.484. The molecule has 2 nitrogen and oxygen atoms in total. The smallest absolute Gasteiger partial charge is 0.183 e. The van der Waals surface area contributed by atoms with Gasteiger partial charge in [-0.3, -0.25) is 0 Å². The van der Waals surface area contributed by atoms with E-state index in [1.54, 1.807) is 11.3 Å². The van der Waals surface area contributed by atoms with E-state index in [9.17, 15) is 0 Å². The average Bonchev–Trinajstić information content (AvgIpc) is 2.69. The van der Waals surface area contributed by atoms with Gasteiger partial charge in [-0.2, -0.15) is 0 Å². The standard InChI is InChI=1S/C11H18N2S/c1-8(2)12-11-13-10(7-14-11)9-5-3-4-6-9/h7-9H,3-6H2,1-2H3,(H,12,13). The summed E-state index contributed by atoms with van der Waals surface area (Å²) < 4.78 is 0. The second-order valence-corrected chi connectivity index (χ2v) is 5.22. The molecule has 1 fully saturated rings. The summed E-state index contributed by atoms with van der Waals surface area (Å²) >= 11 is 1.74. The van der Waals surface area contributed by atoms with Crippen LogP contribution in [0.5, 0.6) is 0 Å². The van der Waals surface area contributed by atoms with Crippen LogP contribution in [0.4, 0.5) is 5.13 Å². The summed E-state index contributed by atoms with van der Waals surface area (Å²) in [4.78, 5) is 4.64. The zero-order valence-electron chi connectivity index (χ0n) is 8.92. The summed E-state index contributed by atoms with van der Waals surface area (Å²) in [5.41, 5.74) is 1.32. The molecule has 1 aromatic rings. The van der Waals surface area contributed by atoms with Crippen molar-refractivity contribution in [2.75, 3.05) is 5.32 Å². The maximum atomic E-state index is 4.64. The molecular weight excluding hydrogens is 192 g/mol. The maximum Gasteiger partial charge on any atom is 0.183 e. The number of nitrogens with one attached hydrogen (secondary N) is 1. The monoisotopic (exact) mass is 210 g/mol. The molecule has 0 aromatic carbocycles. The van der Waals surface area contributed by atoms with Crippen molar-refractivity contribution in [2.24, 2.45) is 0 Å². The van der Waals surface area contributed by atoms with Gasteiger partial charge in [0.25, 0.3) is 0 Å². The van der Waals surface area contributed by atoms with E-state index >= 15 is 0 Å². The molecule has 0 spiro atoms. The van der Waals surface area contributed by atoms with E-state index in [4.69, 9.17) is 0 Å². The van der Waals surface area contributed by atoms with Crippen molar-refractivity contribution in [1.82, 2.24) is 4.98 Å². The molecule has 0 radical (unpaired) electrons. The Morgan fingerprint density at radius 3 is 2.79 bits per heavy atom. The molecule has 3 heteroatoms. The first-order valence-corrected chi connectivity index (χ1v) is 6.35. The van der Waals surface area contributed by atoms with E-state index in [0.29, 0.717) is 6.04 Å². The number of hydrogen-bond acceptors (Lipinski definition) is 3. The van der Waals surface area contributed by atoms with Gasteiger partial charge in [-0.25, -0.2) is 4.98 Å². The molecule has 0 atom stereocenters. The van der Waals surface area contributed by atoms with Crippen LogP contribution in [-0.2, 0) is 0 Å². The Morgan fingerprint density at radius 2 is 2.14 bits per heavy atom. The minimum Gasteiger partial charge on any atom is -0.359 e. The van der Waals surface area contributed by atoms with Crippen LogP contribution in [0.15, 0.2) is 5.38 Å². The van der Waals surface area contributed by atoms with E-state index in [-0.39, 0.29) is 0 Å². The Labute approximate surface area is 89.8 Å². The second kappa shape index (κ2) is 4.30. The lowest BCUT2D eigenvalue weighted by Crippen LogP contribution is -2.09. The first-order chi connectivity index (χ1) is 6.75. The Morgan fingerprint density at radius 1 is 1.43 bits per heavy atom. The Kier molecular flexibility index (Phi) is 3.06. The normalized spacial score (nSPS) is 17.9. The quantitative estimate of drug-likeness (QED) is 0.824. The van der Waals surface area contributed by atoms with Crippen LogP contribution in [0, 0.1) is 0 Å². The van der Waals surface area contributed by atoms with E-state index in [2.05, 4.69) is 29.5 Å². The predicted octanol–water partition coefficient (Wildman–Crippen LogP) is 3.62. The van der Waals surface area contributed by atoms with Gasteiger partial charge in [0.05, 0.1) is 5.69 Å². The lowest BCUT2D eigenvalue weighted by molar-refractivity contribution is 0.702. The maximum absolute atomic E-state index is 4.64. The molecule has 1 heterocycles. The van der Waals surface area contributed by atoms with E-state index in [0.717, 1.165) is 11.0 Å². The molecule has 0 bridgehead atoms. The number of rotatable bonds is 3. The highest BCUT2D eigenvalue weighted by Crippen LogP contribution is 2.35. The Bertz CT molecular complexity index is 287. The molecule has 0 unspecified atom stereocenters. The van der Waals surface area contributed by atoms with Crippen LogP contribution in [-0.4, -0.2) is 11.0 Å². The van der Waals surface area contributed by atoms with Crippen LogP contribution in [0.3, 0.4) is 0 Å². The van der Waals surface area contributed by atoms with Crippen LogP contribution < -0.4 is 5.32 Å². The van der Waals surface area contributed by atoms with E-state index in [1.165, 1.54) is 31.4 Å². The van der Waals surface area contributed by atoms with Gasteiger partial charge in [0.15, 0.2) is 5.13 Å². The highest BCUT2D eigenvalue weighted by atomic mass is 32.1. The van der Waals surface area contributed by atoms with Crippen molar-refractivity contribution in [2.45, 2.75) is 51.5 Å². The molecule has 1 aliphatic rings. The summed E-state index contributed by atoms with van der Waals surface area (Å²) in [6.45, 7) is 4.30. The van der Waals surface area contributed by atoms with Crippen molar-refractivity contribution in [3.8, 4) is 0 Å². The van der Waals surface area contributed by atoms with Crippen LogP contribution in [0.2, 0.25) is 0 Å². The van der Waals surface area contributed by atoms with Crippen molar-refractivity contribution >= 4 is 16.5 Å². The summed E-state index contributed by atoms with van der Waals surface area (Å²) in [5.74, 6) is 0.744. The Balaban J connectivity index is 2.01.